The van der Waals surface area contributed by atoms with Gasteiger partial charge in [-0.3, -0.25) is 4.79 Å². The largest absolute Gasteiger partial charge is 0.294 e. The summed E-state index contributed by atoms with van der Waals surface area (Å²) in [5.41, 5.74) is 0.545. The Bertz CT molecular complexity index is 410. The number of hydrogen-bond acceptors (Lipinski definition) is 4. The Labute approximate surface area is 100 Å². The zero-order valence-electron chi connectivity index (χ0n) is 10.3. The van der Waals surface area contributed by atoms with E-state index in [1.165, 1.54) is 19.1 Å². The highest BCUT2D eigenvalue weighted by atomic mass is 19.1. The van der Waals surface area contributed by atoms with Crippen LogP contribution >= 0.6 is 0 Å². The van der Waals surface area contributed by atoms with E-state index in [9.17, 15) is 9.18 Å². The molecule has 92 valence electrons. The van der Waals surface area contributed by atoms with E-state index in [1.807, 2.05) is 13.8 Å². The van der Waals surface area contributed by atoms with Crippen LogP contribution in [0.15, 0.2) is 28.4 Å². The molecule has 0 radical (unpaired) electrons. The second-order valence-electron chi connectivity index (χ2n) is 2.79. The van der Waals surface area contributed by atoms with Crippen molar-refractivity contribution in [3.63, 3.8) is 0 Å². The van der Waals surface area contributed by atoms with Crippen LogP contribution in [0, 0.1) is 5.82 Å². The van der Waals surface area contributed by atoms with Crippen LogP contribution in [0.25, 0.3) is 0 Å². The first-order valence-corrected chi connectivity index (χ1v) is 5.14. The third kappa shape index (κ3) is 3.79. The fourth-order valence-corrected chi connectivity index (χ4v) is 1.17. The monoisotopic (exact) mass is 237 g/mol. The van der Waals surface area contributed by atoms with Crippen LogP contribution in [0.2, 0.25) is 0 Å². The summed E-state index contributed by atoms with van der Waals surface area (Å²) in [6, 6.07) is 3.72. The summed E-state index contributed by atoms with van der Waals surface area (Å²) in [6.45, 7) is 11.9. The van der Waals surface area contributed by atoms with Gasteiger partial charge in [0.1, 0.15) is 5.82 Å². The van der Waals surface area contributed by atoms with E-state index in [2.05, 4.69) is 23.6 Å². The molecule has 0 N–H and O–H groups in total. The molecule has 17 heavy (non-hydrogen) atoms. The van der Waals surface area contributed by atoms with Crippen molar-refractivity contribution in [3.05, 3.63) is 29.6 Å². The molecule has 1 aromatic rings. The number of rotatable bonds is 4. The van der Waals surface area contributed by atoms with Gasteiger partial charge in [-0.25, -0.2) is 4.39 Å². The summed E-state index contributed by atoms with van der Waals surface area (Å²) in [7, 11) is 0. The normalized spacial score (nSPS) is 8.71. The van der Waals surface area contributed by atoms with Crippen LogP contribution in [0.4, 0.5) is 10.1 Å². The van der Waals surface area contributed by atoms with Gasteiger partial charge in [0.2, 0.25) is 0 Å². The number of anilines is 1. The van der Waals surface area contributed by atoms with Gasteiger partial charge in [0.15, 0.2) is 5.78 Å². The lowest BCUT2D eigenvalue weighted by Gasteiger charge is -2.14. The number of ketones is 1. The number of carbonyl (C=O) groups excluding carboxylic acids is 1. The molecule has 0 aliphatic heterocycles. The van der Waals surface area contributed by atoms with Gasteiger partial charge in [-0.05, 0) is 19.1 Å². The molecule has 5 heteroatoms. The first-order valence-electron chi connectivity index (χ1n) is 5.14. The molecule has 0 heterocycles. The molecule has 0 bridgehead atoms. The van der Waals surface area contributed by atoms with E-state index >= 15 is 0 Å². The Morgan fingerprint density at radius 2 is 1.82 bits per heavy atom. The molecular weight excluding hydrogens is 221 g/mol. The van der Waals surface area contributed by atoms with E-state index in [1.54, 1.807) is 0 Å². The Kier molecular flexibility index (Phi) is 6.40. The van der Waals surface area contributed by atoms with Crippen molar-refractivity contribution < 1.29 is 9.18 Å². The van der Waals surface area contributed by atoms with Crippen molar-refractivity contribution >= 4 is 24.9 Å². The average Bonchev–Trinajstić information content (AvgIpc) is 2.33. The molecule has 0 amide bonds. The van der Waals surface area contributed by atoms with Crippen LogP contribution in [-0.2, 0) is 0 Å². The lowest BCUT2D eigenvalue weighted by atomic mass is 10.1. The molecule has 1 rings (SSSR count). The molecule has 0 saturated carbocycles. The fourth-order valence-electron chi connectivity index (χ4n) is 1.17. The van der Waals surface area contributed by atoms with E-state index in [-0.39, 0.29) is 11.5 Å². The maximum atomic E-state index is 13.0. The molecule has 0 spiro atoms. The molecule has 0 aliphatic carbocycles. The summed E-state index contributed by atoms with van der Waals surface area (Å²) in [5.74, 6) is -0.686. The SMILES string of the molecule is C=NN(N=C)c1cc(F)ccc1C(C)=O.CC. The van der Waals surface area contributed by atoms with Gasteiger partial charge < -0.3 is 0 Å². The Morgan fingerprint density at radius 1 is 1.29 bits per heavy atom. The van der Waals surface area contributed by atoms with Gasteiger partial charge in [-0.1, -0.05) is 13.8 Å². The van der Waals surface area contributed by atoms with Crippen LogP contribution < -0.4 is 5.12 Å². The summed E-state index contributed by atoms with van der Waals surface area (Å²) in [5, 5.41) is 7.99. The second kappa shape index (κ2) is 7.27. The highest BCUT2D eigenvalue weighted by Crippen LogP contribution is 2.22. The molecule has 4 nitrogen and oxygen atoms in total. The number of hydrogen-bond donors (Lipinski definition) is 0. The number of benzene rings is 1. The molecule has 0 aliphatic rings. The molecule has 0 unspecified atom stereocenters. The first kappa shape index (κ1) is 15.0. The molecule has 0 saturated heterocycles. The predicted molar refractivity (Wildman–Crippen MR) is 69.3 cm³/mol. The maximum Gasteiger partial charge on any atom is 0.162 e. The minimum atomic E-state index is -0.479. The van der Waals surface area contributed by atoms with Crippen LogP contribution in [0.3, 0.4) is 0 Å². The van der Waals surface area contributed by atoms with Crippen molar-refractivity contribution in [2.75, 3.05) is 5.12 Å². The van der Waals surface area contributed by atoms with Gasteiger partial charge in [-0.15, -0.1) is 0 Å². The Morgan fingerprint density at radius 3 is 2.24 bits per heavy atom. The molecular formula is C12H16FN3O. The third-order valence-corrected chi connectivity index (χ3v) is 1.82. The van der Waals surface area contributed by atoms with Crippen molar-refractivity contribution in [3.8, 4) is 0 Å². The van der Waals surface area contributed by atoms with E-state index in [0.717, 1.165) is 11.2 Å². The fraction of sp³-hybridized carbons (Fsp3) is 0.250. The lowest BCUT2D eigenvalue weighted by Crippen LogP contribution is -2.11. The second-order valence-corrected chi connectivity index (χ2v) is 2.79. The Hall–Kier alpha value is -2.04. The molecule has 0 atom stereocenters. The molecule has 0 fully saturated rings. The number of hydrazone groups is 2. The van der Waals surface area contributed by atoms with E-state index in [4.69, 9.17) is 0 Å². The van der Waals surface area contributed by atoms with Crippen molar-refractivity contribution in [2.45, 2.75) is 20.8 Å². The van der Waals surface area contributed by atoms with Crippen LogP contribution in [0.5, 0.6) is 0 Å². The number of Topliss-reactive ketones (excluding diaryl/α,β-unsaturated/α-hetero) is 1. The van der Waals surface area contributed by atoms with Crippen LogP contribution in [0.1, 0.15) is 31.1 Å². The van der Waals surface area contributed by atoms with Gasteiger partial charge in [0, 0.05) is 25.1 Å². The number of nitrogens with zero attached hydrogens (tertiary/aromatic N) is 3. The van der Waals surface area contributed by atoms with Crippen molar-refractivity contribution in [1.29, 1.82) is 0 Å². The van der Waals surface area contributed by atoms with Crippen molar-refractivity contribution in [1.82, 2.24) is 0 Å². The quantitative estimate of drug-likeness (QED) is 0.459. The summed E-state index contributed by atoms with van der Waals surface area (Å²) >= 11 is 0. The van der Waals surface area contributed by atoms with Crippen molar-refractivity contribution in [2.24, 2.45) is 10.2 Å². The lowest BCUT2D eigenvalue weighted by molar-refractivity contribution is 0.101. The topological polar surface area (TPSA) is 45.0 Å². The van der Waals surface area contributed by atoms with Gasteiger partial charge in [-0.2, -0.15) is 15.3 Å². The summed E-state index contributed by atoms with van der Waals surface area (Å²) < 4.78 is 13.0. The van der Waals surface area contributed by atoms with Gasteiger partial charge in [0.05, 0.1) is 5.69 Å². The number of halogens is 1. The standard InChI is InChI=1S/C10H10FN3O.C2H6/c1-7(15)9-5-4-8(11)6-10(9)14(12-2)13-3;1-2/h4-6H,2-3H2,1H3;1-2H3. The highest BCUT2D eigenvalue weighted by Gasteiger charge is 2.13. The maximum absolute atomic E-state index is 13.0. The van der Waals surface area contributed by atoms with E-state index in [0.29, 0.717) is 5.56 Å². The third-order valence-electron chi connectivity index (χ3n) is 1.82. The zero-order chi connectivity index (χ0) is 13.4. The molecule has 1 aromatic carbocycles. The minimum absolute atomic E-state index is 0.206. The van der Waals surface area contributed by atoms with Crippen LogP contribution in [-0.4, -0.2) is 19.2 Å². The smallest absolute Gasteiger partial charge is 0.162 e. The van der Waals surface area contributed by atoms with Gasteiger partial charge >= 0.3 is 0 Å². The molecule has 0 aromatic heterocycles. The van der Waals surface area contributed by atoms with E-state index < -0.39 is 5.82 Å². The minimum Gasteiger partial charge on any atom is -0.294 e. The first-order chi connectivity index (χ1) is 8.10. The predicted octanol–water partition coefficient (Wildman–Crippen LogP) is 3.09. The average molecular weight is 237 g/mol. The summed E-state index contributed by atoms with van der Waals surface area (Å²) in [4.78, 5) is 11.2. The highest BCUT2D eigenvalue weighted by molar-refractivity contribution is 5.99. The Balaban J connectivity index is 0.00000121. The number of carbonyl (C=O) groups is 1. The summed E-state index contributed by atoms with van der Waals surface area (Å²) in [6.07, 6.45) is 0. The van der Waals surface area contributed by atoms with Gasteiger partial charge in [0.25, 0.3) is 0 Å². The zero-order valence-corrected chi connectivity index (χ0v) is 10.3.